The smallest absolute Gasteiger partial charge is 0.411 e. The number of thioether (sulfide) groups is 1. The van der Waals surface area contributed by atoms with Gasteiger partial charge in [0.2, 0.25) is 5.91 Å². The topological polar surface area (TPSA) is 87.7 Å². The molecule has 0 aromatic heterocycles. The Hall–Kier alpha value is -2.67. The Morgan fingerprint density at radius 3 is 2.38 bits per heavy atom. The Morgan fingerprint density at radius 2 is 1.75 bits per heavy atom. The molecular weight excluding hydrogens is 328 g/mol. The third kappa shape index (κ3) is 5.85. The molecule has 0 aliphatic heterocycles. The number of hydrogen-bond acceptors (Lipinski definition) is 5. The van der Waals surface area contributed by atoms with Crippen molar-refractivity contribution in [1.29, 1.82) is 0 Å². The van der Waals surface area contributed by atoms with Gasteiger partial charge in [0.25, 0.3) is 0 Å². The Bertz CT molecular complexity index is 687. The summed E-state index contributed by atoms with van der Waals surface area (Å²) in [5.74, 6) is 0.422. The summed E-state index contributed by atoms with van der Waals surface area (Å²) in [6.07, 6.45) is -0.526. The van der Waals surface area contributed by atoms with Crippen molar-refractivity contribution in [2.45, 2.75) is 11.4 Å². The molecule has 0 atom stereocenters. The average molecular weight is 346 g/mol. The zero-order chi connectivity index (χ0) is 17.4. The van der Waals surface area contributed by atoms with Gasteiger partial charge in [-0.15, -0.1) is 11.8 Å². The first-order chi connectivity index (χ1) is 11.6. The number of carbonyl (C=O) groups is 2. The van der Waals surface area contributed by atoms with E-state index in [0.29, 0.717) is 18.0 Å². The normalized spacial score (nSPS) is 10.0. The van der Waals surface area contributed by atoms with E-state index >= 15 is 0 Å². The fourth-order valence-electron chi connectivity index (χ4n) is 1.82. The maximum Gasteiger partial charge on any atom is 0.411 e. The van der Waals surface area contributed by atoms with Gasteiger partial charge >= 0.3 is 6.09 Å². The predicted octanol–water partition coefficient (Wildman–Crippen LogP) is 2.98. The molecule has 0 spiro atoms. The molecule has 2 aromatic rings. The summed E-state index contributed by atoms with van der Waals surface area (Å²) in [7, 11) is 1.30. The summed E-state index contributed by atoms with van der Waals surface area (Å²) in [6.45, 7) is 0.410. The van der Waals surface area contributed by atoms with E-state index in [1.807, 2.05) is 12.1 Å². The number of nitrogens with one attached hydrogen (secondary N) is 2. The second kappa shape index (κ2) is 8.83. The molecule has 7 heteroatoms. The first-order valence-electron chi connectivity index (χ1n) is 7.19. The molecule has 2 amide bonds. The van der Waals surface area contributed by atoms with Crippen LogP contribution in [0.1, 0.15) is 5.56 Å². The number of methoxy groups -OCH3 is 1. The van der Waals surface area contributed by atoms with Crippen molar-refractivity contribution in [2.24, 2.45) is 0 Å². The number of anilines is 1. The van der Waals surface area contributed by atoms with Gasteiger partial charge in [-0.3, -0.25) is 10.1 Å². The summed E-state index contributed by atoms with van der Waals surface area (Å²) in [4.78, 5) is 23.9. The maximum atomic E-state index is 11.9. The first kappa shape index (κ1) is 17.7. The highest BCUT2D eigenvalue weighted by molar-refractivity contribution is 8.00. The average Bonchev–Trinajstić information content (AvgIpc) is 2.60. The lowest BCUT2D eigenvalue weighted by Crippen LogP contribution is -2.24. The SMILES string of the molecule is COC(=O)Nc1ccc(CNC(=O)CSc2ccc(O)cc2)cc1. The van der Waals surface area contributed by atoms with Gasteiger partial charge in [-0.25, -0.2) is 4.79 Å². The molecule has 2 rings (SSSR count). The highest BCUT2D eigenvalue weighted by Crippen LogP contribution is 2.20. The monoisotopic (exact) mass is 346 g/mol. The van der Waals surface area contributed by atoms with Crippen LogP contribution in [-0.2, 0) is 16.1 Å². The molecule has 0 saturated carbocycles. The molecule has 24 heavy (non-hydrogen) atoms. The van der Waals surface area contributed by atoms with Crippen molar-refractivity contribution in [3.63, 3.8) is 0 Å². The number of carbonyl (C=O) groups excluding carboxylic acids is 2. The maximum absolute atomic E-state index is 11.9. The summed E-state index contributed by atoms with van der Waals surface area (Å²) < 4.78 is 4.51. The van der Waals surface area contributed by atoms with Crippen molar-refractivity contribution in [2.75, 3.05) is 18.2 Å². The van der Waals surface area contributed by atoms with Crippen LogP contribution < -0.4 is 10.6 Å². The van der Waals surface area contributed by atoms with Crippen LogP contribution in [0, 0.1) is 0 Å². The zero-order valence-corrected chi connectivity index (χ0v) is 13.9. The molecule has 0 saturated heterocycles. The molecule has 0 bridgehead atoms. The minimum Gasteiger partial charge on any atom is -0.508 e. The van der Waals surface area contributed by atoms with Crippen molar-refractivity contribution in [3.05, 3.63) is 54.1 Å². The standard InChI is InChI=1S/C17H18N2O4S/c1-23-17(22)19-13-4-2-12(3-5-13)10-18-16(21)11-24-15-8-6-14(20)7-9-15/h2-9,20H,10-11H2,1H3,(H,18,21)(H,19,22). The minimum atomic E-state index is -0.526. The predicted molar refractivity (Wildman–Crippen MR) is 93.1 cm³/mol. The van der Waals surface area contributed by atoms with E-state index in [1.165, 1.54) is 18.9 Å². The van der Waals surface area contributed by atoms with Crippen LogP contribution in [0.2, 0.25) is 0 Å². The molecule has 126 valence electrons. The lowest BCUT2D eigenvalue weighted by atomic mass is 10.2. The van der Waals surface area contributed by atoms with Crippen LogP contribution in [-0.4, -0.2) is 30.0 Å². The fraction of sp³-hybridized carbons (Fsp3) is 0.176. The number of phenolic OH excluding ortho intramolecular Hbond substituents is 1. The number of ether oxygens (including phenoxy) is 1. The number of phenols is 1. The van der Waals surface area contributed by atoms with E-state index in [4.69, 9.17) is 0 Å². The molecule has 0 heterocycles. The van der Waals surface area contributed by atoms with Crippen molar-refractivity contribution in [3.8, 4) is 5.75 Å². The van der Waals surface area contributed by atoms with Gasteiger partial charge < -0.3 is 15.2 Å². The van der Waals surface area contributed by atoms with Crippen molar-refractivity contribution < 1.29 is 19.4 Å². The van der Waals surface area contributed by atoms with E-state index in [2.05, 4.69) is 15.4 Å². The number of benzene rings is 2. The van der Waals surface area contributed by atoms with Crippen molar-refractivity contribution in [1.82, 2.24) is 5.32 Å². The minimum absolute atomic E-state index is 0.0789. The van der Waals surface area contributed by atoms with Gasteiger partial charge in [0.15, 0.2) is 0 Å². The Balaban J connectivity index is 1.75. The highest BCUT2D eigenvalue weighted by atomic mass is 32.2. The zero-order valence-electron chi connectivity index (χ0n) is 13.1. The Kier molecular flexibility index (Phi) is 6.51. The van der Waals surface area contributed by atoms with E-state index in [-0.39, 0.29) is 11.7 Å². The van der Waals surface area contributed by atoms with Crippen LogP contribution in [0.4, 0.5) is 10.5 Å². The molecule has 0 fully saturated rings. The number of hydrogen-bond donors (Lipinski definition) is 3. The van der Waals surface area contributed by atoms with Crippen LogP contribution in [0.15, 0.2) is 53.4 Å². The summed E-state index contributed by atoms with van der Waals surface area (Å²) in [5, 5.41) is 14.6. The van der Waals surface area contributed by atoms with E-state index in [9.17, 15) is 14.7 Å². The van der Waals surface area contributed by atoms with E-state index in [0.717, 1.165) is 10.5 Å². The lowest BCUT2D eigenvalue weighted by molar-refractivity contribution is -0.118. The largest absolute Gasteiger partial charge is 0.508 e. The quantitative estimate of drug-likeness (QED) is 0.700. The molecule has 0 aliphatic rings. The Morgan fingerprint density at radius 1 is 1.08 bits per heavy atom. The molecule has 0 aliphatic carbocycles. The van der Waals surface area contributed by atoms with Crippen LogP contribution in [0.3, 0.4) is 0 Å². The Labute approximate surface area is 144 Å². The van der Waals surface area contributed by atoms with Crippen LogP contribution >= 0.6 is 11.8 Å². The van der Waals surface area contributed by atoms with Gasteiger partial charge in [0.1, 0.15) is 5.75 Å². The third-order valence-corrected chi connectivity index (χ3v) is 4.09. The second-order valence-electron chi connectivity index (χ2n) is 4.87. The first-order valence-corrected chi connectivity index (χ1v) is 8.18. The summed E-state index contributed by atoms with van der Waals surface area (Å²) >= 11 is 1.40. The molecule has 2 aromatic carbocycles. The molecule has 3 N–H and O–H groups in total. The highest BCUT2D eigenvalue weighted by Gasteiger charge is 2.04. The van der Waals surface area contributed by atoms with Crippen LogP contribution in [0.25, 0.3) is 0 Å². The van der Waals surface area contributed by atoms with Gasteiger partial charge in [-0.1, -0.05) is 12.1 Å². The molecule has 0 radical (unpaired) electrons. The van der Waals surface area contributed by atoms with Gasteiger partial charge in [0.05, 0.1) is 12.9 Å². The second-order valence-corrected chi connectivity index (χ2v) is 5.92. The van der Waals surface area contributed by atoms with Crippen molar-refractivity contribution >= 4 is 29.4 Å². The number of amides is 2. The van der Waals surface area contributed by atoms with Gasteiger partial charge in [0, 0.05) is 17.1 Å². The summed E-state index contributed by atoms with van der Waals surface area (Å²) in [6, 6.07) is 13.8. The van der Waals surface area contributed by atoms with Gasteiger partial charge in [-0.05, 0) is 42.0 Å². The molecule has 6 nitrogen and oxygen atoms in total. The molecular formula is C17H18N2O4S. The number of aromatic hydroxyl groups is 1. The van der Waals surface area contributed by atoms with Crippen LogP contribution in [0.5, 0.6) is 5.75 Å². The van der Waals surface area contributed by atoms with Gasteiger partial charge in [-0.2, -0.15) is 0 Å². The third-order valence-electron chi connectivity index (χ3n) is 3.08. The fourth-order valence-corrected chi connectivity index (χ4v) is 2.55. The summed E-state index contributed by atoms with van der Waals surface area (Å²) in [5.41, 5.74) is 1.55. The van der Waals surface area contributed by atoms with E-state index < -0.39 is 6.09 Å². The molecule has 0 unspecified atom stereocenters. The number of rotatable bonds is 6. The van der Waals surface area contributed by atoms with E-state index in [1.54, 1.807) is 36.4 Å². The lowest BCUT2D eigenvalue weighted by Gasteiger charge is -2.07.